The quantitative estimate of drug-likeness (QED) is 0.792. The second-order valence-electron chi connectivity index (χ2n) is 3.84. The Morgan fingerprint density at radius 1 is 1.32 bits per heavy atom. The Morgan fingerprint density at radius 2 is 2.16 bits per heavy atom. The molecule has 19 heavy (non-hydrogen) atoms. The topological polar surface area (TPSA) is 80.0 Å². The molecule has 4 N–H and O–H groups in total. The number of nitrogens with one attached hydrogen (secondary N) is 2. The Balaban J connectivity index is 2.03. The SMILES string of the molecule is NCc1cccc(NC(=O)Nc2ccncc2F)c1. The van der Waals surface area contributed by atoms with Crippen molar-refractivity contribution in [3.05, 3.63) is 54.1 Å². The normalized spacial score (nSPS) is 10.0. The molecular formula is C13H13FN4O. The lowest BCUT2D eigenvalue weighted by Gasteiger charge is -2.08. The van der Waals surface area contributed by atoms with E-state index in [-0.39, 0.29) is 5.69 Å². The van der Waals surface area contributed by atoms with Crippen LogP contribution in [-0.2, 0) is 6.54 Å². The van der Waals surface area contributed by atoms with Crippen LogP contribution in [0, 0.1) is 5.82 Å². The van der Waals surface area contributed by atoms with Crippen LogP contribution in [0.15, 0.2) is 42.7 Å². The van der Waals surface area contributed by atoms with Crippen molar-refractivity contribution in [2.24, 2.45) is 5.73 Å². The van der Waals surface area contributed by atoms with Crippen LogP contribution >= 0.6 is 0 Å². The van der Waals surface area contributed by atoms with Crippen LogP contribution in [-0.4, -0.2) is 11.0 Å². The molecule has 0 bridgehead atoms. The molecule has 1 aromatic heterocycles. The van der Waals surface area contributed by atoms with Gasteiger partial charge in [-0.15, -0.1) is 0 Å². The molecule has 0 aliphatic carbocycles. The van der Waals surface area contributed by atoms with Crippen molar-refractivity contribution in [1.29, 1.82) is 0 Å². The Bertz CT molecular complexity index is 588. The summed E-state index contributed by atoms with van der Waals surface area (Å²) in [4.78, 5) is 15.3. The lowest BCUT2D eigenvalue weighted by atomic mass is 10.2. The molecule has 1 aromatic carbocycles. The maximum Gasteiger partial charge on any atom is 0.323 e. The first kappa shape index (κ1) is 13.0. The number of aromatic nitrogens is 1. The fourth-order valence-electron chi connectivity index (χ4n) is 1.54. The molecule has 0 spiro atoms. The second kappa shape index (κ2) is 5.92. The Morgan fingerprint density at radius 3 is 2.89 bits per heavy atom. The van der Waals surface area contributed by atoms with Gasteiger partial charge in [-0.2, -0.15) is 0 Å². The van der Waals surface area contributed by atoms with Crippen molar-refractivity contribution in [2.45, 2.75) is 6.54 Å². The van der Waals surface area contributed by atoms with Gasteiger partial charge in [-0.3, -0.25) is 4.98 Å². The monoisotopic (exact) mass is 260 g/mol. The summed E-state index contributed by atoms with van der Waals surface area (Å²) in [6.07, 6.45) is 2.43. The van der Waals surface area contributed by atoms with Crippen molar-refractivity contribution in [2.75, 3.05) is 10.6 Å². The molecule has 0 saturated carbocycles. The summed E-state index contributed by atoms with van der Waals surface area (Å²) in [5.74, 6) is -0.589. The largest absolute Gasteiger partial charge is 0.326 e. The van der Waals surface area contributed by atoms with Gasteiger partial charge in [0.25, 0.3) is 0 Å². The zero-order chi connectivity index (χ0) is 13.7. The first-order valence-corrected chi connectivity index (χ1v) is 5.65. The molecule has 0 aliphatic heterocycles. The fourth-order valence-corrected chi connectivity index (χ4v) is 1.54. The minimum absolute atomic E-state index is 0.0717. The van der Waals surface area contributed by atoms with Crippen molar-refractivity contribution in [1.82, 2.24) is 4.98 Å². The maximum atomic E-state index is 13.3. The van der Waals surface area contributed by atoms with E-state index in [9.17, 15) is 9.18 Å². The number of carbonyl (C=O) groups excluding carboxylic acids is 1. The van der Waals surface area contributed by atoms with Gasteiger partial charge in [0, 0.05) is 18.4 Å². The summed E-state index contributed by atoms with van der Waals surface area (Å²) >= 11 is 0. The van der Waals surface area contributed by atoms with Crippen LogP contribution in [0.3, 0.4) is 0 Å². The fraction of sp³-hybridized carbons (Fsp3) is 0.0769. The number of pyridine rings is 1. The van der Waals surface area contributed by atoms with Gasteiger partial charge < -0.3 is 16.4 Å². The number of halogens is 1. The maximum absolute atomic E-state index is 13.3. The summed E-state index contributed by atoms with van der Waals surface area (Å²) in [7, 11) is 0. The standard InChI is InChI=1S/C13H13FN4O/c14-11-8-16-5-4-12(11)18-13(19)17-10-3-1-2-9(6-10)7-15/h1-6,8H,7,15H2,(H2,16,17,18,19). The third-order valence-electron chi connectivity index (χ3n) is 2.44. The van der Waals surface area contributed by atoms with Gasteiger partial charge in [0.05, 0.1) is 11.9 Å². The molecule has 0 fully saturated rings. The average Bonchev–Trinajstić information content (AvgIpc) is 2.41. The number of anilines is 2. The Labute approximate surface area is 109 Å². The predicted molar refractivity (Wildman–Crippen MR) is 71.2 cm³/mol. The van der Waals surface area contributed by atoms with E-state index < -0.39 is 11.8 Å². The van der Waals surface area contributed by atoms with Gasteiger partial charge >= 0.3 is 6.03 Å². The number of hydrogen-bond donors (Lipinski definition) is 3. The van der Waals surface area contributed by atoms with Crippen molar-refractivity contribution < 1.29 is 9.18 Å². The minimum Gasteiger partial charge on any atom is -0.326 e. The van der Waals surface area contributed by atoms with E-state index in [2.05, 4.69) is 15.6 Å². The average molecular weight is 260 g/mol. The van der Waals surface area contributed by atoms with Gasteiger partial charge in [0.15, 0.2) is 5.82 Å². The number of carbonyl (C=O) groups is 1. The first-order chi connectivity index (χ1) is 9.19. The molecule has 2 rings (SSSR count). The van der Waals surface area contributed by atoms with E-state index in [1.807, 2.05) is 6.07 Å². The van der Waals surface area contributed by atoms with E-state index in [0.717, 1.165) is 11.8 Å². The molecule has 0 unspecified atom stereocenters. The van der Waals surface area contributed by atoms with Gasteiger partial charge in [-0.1, -0.05) is 12.1 Å². The zero-order valence-electron chi connectivity index (χ0n) is 10.1. The highest BCUT2D eigenvalue weighted by molar-refractivity contribution is 5.99. The van der Waals surface area contributed by atoms with Gasteiger partial charge in [0.2, 0.25) is 0 Å². The van der Waals surface area contributed by atoms with Crippen LogP contribution < -0.4 is 16.4 Å². The molecule has 98 valence electrons. The number of rotatable bonds is 3. The van der Waals surface area contributed by atoms with Crippen LogP contribution in [0.5, 0.6) is 0 Å². The van der Waals surface area contributed by atoms with E-state index in [0.29, 0.717) is 12.2 Å². The lowest BCUT2D eigenvalue weighted by Crippen LogP contribution is -2.20. The Hall–Kier alpha value is -2.47. The van der Waals surface area contributed by atoms with E-state index in [4.69, 9.17) is 5.73 Å². The number of nitrogens with two attached hydrogens (primary N) is 1. The minimum atomic E-state index is -0.589. The third-order valence-corrected chi connectivity index (χ3v) is 2.44. The first-order valence-electron chi connectivity index (χ1n) is 5.65. The highest BCUT2D eigenvalue weighted by Crippen LogP contribution is 2.13. The predicted octanol–water partition coefficient (Wildman–Crippen LogP) is 2.32. The van der Waals surface area contributed by atoms with Crippen molar-refractivity contribution in [3.63, 3.8) is 0 Å². The van der Waals surface area contributed by atoms with Crippen LogP contribution in [0.1, 0.15) is 5.56 Å². The molecule has 6 heteroatoms. The van der Waals surface area contributed by atoms with Gasteiger partial charge in [-0.25, -0.2) is 9.18 Å². The van der Waals surface area contributed by atoms with Crippen LogP contribution in [0.25, 0.3) is 0 Å². The Kier molecular flexibility index (Phi) is 4.04. The third kappa shape index (κ3) is 3.49. The molecule has 2 aromatic rings. The molecule has 1 heterocycles. The van der Waals surface area contributed by atoms with Crippen LogP contribution in [0.2, 0.25) is 0 Å². The molecule has 0 aliphatic rings. The summed E-state index contributed by atoms with van der Waals surface area (Å²) in [5.41, 5.74) is 7.07. The van der Waals surface area contributed by atoms with E-state index >= 15 is 0 Å². The molecule has 0 atom stereocenters. The molecule has 0 saturated heterocycles. The molecule has 5 nitrogen and oxygen atoms in total. The zero-order valence-corrected chi connectivity index (χ0v) is 10.1. The van der Waals surface area contributed by atoms with Crippen LogP contribution in [0.4, 0.5) is 20.6 Å². The number of amides is 2. The summed E-state index contributed by atoms with van der Waals surface area (Å²) in [6.45, 7) is 0.385. The smallest absolute Gasteiger partial charge is 0.323 e. The summed E-state index contributed by atoms with van der Waals surface area (Å²) in [5, 5.41) is 5.00. The molecular weight excluding hydrogens is 247 g/mol. The molecule has 2 amide bonds. The van der Waals surface area contributed by atoms with Crippen molar-refractivity contribution >= 4 is 17.4 Å². The highest BCUT2D eigenvalue weighted by Gasteiger charge is 2.06. The second-order valence-corrected chi connectivity index (χ2v) is 3.84. The highest BCUT2D eigenvalue weighted by atomic mass is 19.1. The number of urea groups is 1. The molecule has 0 radical (unpaired) electrons. The van der Waals surface area contributed by atoms with E-state index in [1.54, 1.807) is 18.2 Å². The summed E-state index contributed by atoms with van der Waals surface area (Å²) < 4.78 is 13.3. The van der Waals surface area contributed by atoms with Gasteiger partial charge in [-0.05, 0) is 23.8 Å². The summed E-state index contributed by atoms with van der Waals surface area (Å²) in [6, 6.07) is 7.96. The number of nitrogens with zero attached hydrogens (tertiary/aromatic N) is 1. The number of hydrogen-bond acceptors (Lipinski definition) is 3. The van der Waals surface area contributed by atoms with Crippen molar-refractivity contribution in [3.8, 4) is 0 Å². The van der Waals surface area contributed by atoms with E-state index in [1.165, 1.54) is 12.3 Å². The lowest BCUT2D eigenvalue weighted by molar-refractivity contribution is 0.262. The van der Waals surface area contributed by atoms with Gasteiger partial charge in [0.1, 0.15) is 0 Å². The number of benzene rings is 1.